The Hall–Kier alpha value is -0.160. The van der Waals surface area contributed by atoms with Crippen LogP contribution in [0.2, 0.25) is 0 Å². The van der Waals surface area contributed by atoms with Gasteiger partial charge in [-0.25, -0.2) is 0 Å². The number of rotatable bonds is 1. The van der Waals surface area contributed by atoms with E-state index in [4.69, 9.17) is 4.74 Å². The lowest BCUT2D eigenvalue weighted by Gasteiger charge is -2.42. The molecular formula is C14H18O2S2. The lowest BCUT2D eigenvalue weighted by molar-refractivity contribution is -0.198. The number of ether oxygens (including phenoxy) is 1. The van der Waals surface area contributed by atoms with Crippen molar-refractivity contribution >= 4 is 23.5 Å². The van der Waals surface area contributed by atoms with Crippen LogP contribution in [0.3, 0.4) is 0 Å². The van der Waals surface area contributed by atoms with Gasteiger partial charge in [-0.3, -0.25) is 0 Å². The molecular weight excluding hydrogens is 264 g/mol. The number of aliphatic hydroxyl groups is 1. The molecule has 0 unspecified atom stereocenters. The first-order valence-electron chi connectivity index (χ1n) is 6.40. The van der Waals surface area contributed by atoms with Crippen molar-refractivity contribution < 1.29 is 9.84 Å². The number of hydrogen-bond donors (Lipinski definition) is 1. The highest BCUT2D eigenvalue weighted by atomic mass is 32.2. The first-order chi connectivity index (χ1) is 8.66. The Morgan fingerprint density at radius 3 is 2.56 bits per heavy atom. The minimum Gasteiger partial charge on any atom is -0.360 e. The van der Waals surface area contributed by atoms with Crippen molar-refractivity contribution in [3.63, 3.8) is 0 Å². The third-order valence-corrected chi connectivity index (χ3v) is 7.08. The summed E-state index contributed by atoms with van der Waals surface area (Å²) in [4.78, 5) is 0. The van der Waals surface area contributed by atoms with Crippen molar-refractivity contribution in [2.45, 2.75) is 35.7 Å². The summed E-state index contributed by atoms with van der Waals surface area (Å²) >= 11 is 3.73. The Balaban J connectivity index is 2.02. The number of thioether (sulfide) groups is 2. The zero-order valence-corrected chi connectivity index (χ0v) is 12.1. The second-order valence-corrected chi connectivity index (χ2v) is 7.99. The third kappa shape index (κ3) is 1.90. The molecule has 2 aliphatic heterocycles. The second-order valence-electron chi connectivity index (χ2n) is 4.95. The minimum atomic E-state index is -1.15. The maximum absolute atomic E-state index is 11.1. The second kappa shape index (κ2) is 4.75. The first-order valence-corrected chi connectivity index (χ1v) is 8.37. The predicted molar refractivity (Wildman–Crippen MR) is 77.8 cm³/mol. The molecule has 2 heterocycles. The lowest BCUT2D eigenvalue weighted by Crippen LogP contribution is -2.45. The van der Waals surface area contributed by atoms with Gasteiger partial charge in [0.15, 0.2) is 0 Å². The van der Waals surface area contributed by atoms with Gasteiger partial charge in [0.05, 0.1) is 6.10 Å². The van der Waals surface area contributed by atoms with Crippen molar-refractivity contribution in [1.29, 1.82) is 0 Å². The topological polar surface area (TPSA) is 29.5 Å². The molecule has 1 aromatic rings. The van der Waals surface area contributed by atoms with E-state index >= 15 is 0 Å². The van der Waals surface area contributed by atoms with Gasteiger partial charge in [0.25, 0.3) is 0 Å². The van der Waals surface area contributed by atoms with E-state index in [1.165, 1.54) is 6.42 Å². The lowest BCUT2D eigenvalue weighted by atomic mass is 10.0. The molecule has 0 bridgehead atoms. The smallest absolute Gasteiger partial charge is 0.217 e. The Bertz CT molecular complexity index is 417. The van der Waals surface area contributed by atoms with Gasteiger partial charge in [-0.05, 0) is 24.9 Å². The van der Waals surface area contributed by atoms with Crippen LogP contribution in [0.1, 0.15) is 25.3 Å². The minimum absolute atomic E-state index is 0.105. The van der Waals surface area contributed by atoms with Gasteiger partial charge >= 0.3 is 0 Å². The van der Waals surface area contributed by atoms with E-state index in [9.17, 15) is 5.11 Å². The van der Waals surface area contributed by atoms with E-state index in [2.05, 4.69) is 6.92 Å². The van der Waals surface area contributed by atoms with Crippen LogP contribution in [0.4, 0.5) is 0 Å². The molecule has 2 fully saturated rings. The number of benzene rings is 1. The largest absolute Gasteiger partial charge is 0.360 e. The molecule has 2 aliphatic rings. The van der Waals surface area contributed by atoms with Crippen LogP contribution in [0.25, 0.3) is 0 Å². The van der Waals surface area contributed by atoms with E-state index in [-0.39, 0.29) is 10.2 Å². The normalized spacial score (nSPS) is 34.9. The zero-order chi connectivity index (χ0) is 12.6. The first kappa shape index (κ1) is 12.9. The maximum Gasteiger partial charge on any atom is 0.217 e. The molecule has 1 spiro atoms. The van der Waals surface area contributed by atoms with Gasteiger partial charge in [0, 0.05) is 12.0 Å². The molecule has 2 saturated heterocycles. The molecule has 1 N–H and O–H groups in total. The van der Waals surface area contributed by atoms with E-state index in [1.54, 1.807) is 0 Å². The highest BCUT2D eigenvalue weighted by Gasteiger charge is 2.60. The quantitative estimate of drug-likeness (QED) is 0.856. The third-order valence-electron chi connectivity index (χ3n) is 3.57. The summed E-state index contributed by atoms with van der Waals surface area (Å²) in [7, 11) is 0. The van der Waals surface area contributed by atoms with E-state index in [0.29, 0.717) is 0 Å². The van der Waals surface area contributed by atoms with Crippen LogP contribution < -0.4 is 0 Å². The van der Waals surface area contributed by atoms with Gasteiger partial charge in [-0.2, -0.15) is 0 Å². The SMILES string of the molecule is C[C@H]1CC2(SCCCS2)[C@](O)(c2ccccc2)O1. The molecule has 0 radical (unpaired) electrons. The standard InChI is InChI=1S/C14H18O2S2/c1-11-10-13(17-8-5-9-18-13)14(15,16-11)12-6-3-2-4-7-12/h2-4,6-7,11,15H,5,8-10H2,1H3/t11-,14-/m0/s1. The zero-order valence-electron chi connectivity index (χ0n) is 10.5. The summed E-state index contributed by atoms with van der Waals surface area (Å²) in [6, 6.07) is 9.83. The van der Waals surface area contributed by atoms with Crippen molar-refractivity contribution in [2.75, 3.05) is 11.5 Å². The summed E-state index contributed by atoms with van der Waals surface area (Å²) in [6.45, 7) is 2.05. The molecule has 4 heteroatoms. The van der Waals surface area contributed by atoms with Gasteiger partial charge in [0.2, 0.25) is 5.79 Å². The van der Waals surface area contributed by atoms with Crippen molar-refractivity contribution in [3.8, 4) is 0 Å². The van der Waals surface area contributed by atoms with Crippen LogP contribution in [-0.2, 0) is 10.5 Å². The summed E-state index contributed by atoms with van der Waals surface area (Å²) in [5, 5.41) is 11.1. The maximum atomic E-state index is 11.1. The fourth-order valence-corrected chi connectivity index (χ4v) is 6.46. The molecule has 98 valence electrons. The monoisotopic (exact) mass is 282 g/mol. The van der Waals surface area contributed by atoms with Crippen molar-refractivity contribution in [1.82, 2.24) is 0 Å². The highest BCUT2D eigenvalue weighted by Crippen LogP contribution is 2.60. The van der Waals surface area contributed by atoms with Crippen LogP contribution in [-0.4, -0.2) is 26.8 Å². The Labute approximate surface area is 116 Å². The summed E-state index contributed by atoms with van der Waals surface area (Å²) in [5.74, 6) is 1.07. The van der Waals surface area contributed by atoms with Crippen LogP contribution in [0, 0.1) is 0 Å². The number of hydrogen-bond acceptors (Lipinski definition) is 4. The summed E-state index contributed by atoms with van der Waals surface area (Å²) in [5.41, 5.74) is 0.885. The summed E-state index contributed by atoms with van der Waals surface area (Å²) in [6.07, 6.45) is 2.23. The van der Waals surface area contributed by atoms with Gasteiger partial charge in [-0.1, -0.05) is 30.3 Å². The van der Waals surface area contributed by atoms with Crippen LogP contribution in [0.5, 0.6) is 0 Å². The van der Waals surface area contributed by atoms with Gasteiger partial charge in [-0.15, -0.1) is 23.5 Å². The molecule has 18 heavy (non-hydrogen) atoms. The van der Waals surface area contributed by atoms with Gasteiger partial charge < -0.3 is 9.84 Å². The Morgan fingerprint density at radius 2 is 1.89 bits per heavy atom. The fraction of sp³-hybridized carbons (Fsp3) is 0.571. The Morgan fingerprint density at radius 1 is 1.22 bits per heavy atom. The van der Waals surface area contributed by atoms with E-state index in [1.807, 2.05) is 53.9 Å². The molecule has 3 rings (SSSR count). The molecule has 0 aromatic heterocycles. The molecule has 0 saturated carbocycles. The highest BCUT2D eigenvalue weighted by molar-refractivity contribution is 8.18. The van der Waals surface area contributed by atoms with E-state index < -0.39 is 5.79 Å². The molecule has 1 aromatic carbocycles. The molecule has 0 amide bonds. The van der Waals surface area contributed by atoms with Gasteiger partial charge in [0.1, 0.15) is 4.08 Å². The van der Waals surface area contributed by atoms with Crippen molar-refractivity contribution in [2.24, 2.45) is 0 Å². The summed E-state index contributed by atoms with van der Waals surface area (Å²) < 4.78 is 5.71. The molecule has 0 aliphatic carbocycles. The van der Waals surface area contributed by atoms with Crippen LogP contribution in [0.15, 0.2) is 30.3 Å². The fourth-order valence-electron chi connectivity index (χ4n) is 2.78. The predicted octanol–water partition coefficient (Wildman–Crippen LogP) is 3.21. The van der Waals surface area contributed by atoms with Crippen molar-refractivity contribution in [3.05, 3.63) is 35.9 Å². The van der Waals surface area contributed by atoms with E-state index in [0.717, 1.165) is 23.5 Å². The molecule has 2 nitrogen and oxygen atoms in total. The Kier molecular flexibility index (Phi) is 3.39. The molecule has 2 atom stereocenters. The van der Waals surface area contributed by atoms with Crippen LogP contribution >= 0.6 is 23.5 Å². The average molecular weight is 282 g/mol. The average Bonchev–Trinajstić information content (AvgIpc) is 2.63.